The molecular formula is C44H44N2O5S. The maximum atomic E-state index is 12.9. The van der Waals surface area contributed by atoms with E-state index in [0.717, 1.165) is 33.4 Å². The lowest BCUT2D eigenvalue weighted by molar-refractivity contribution is -0.253. The summed E-state index contributed by atoms with van der Waals surface area (Å²) in [4.78, 5) is 2.58. The number of likely N-dealkylation sites (N-methyl/N-ethyl adjacent to an activating group) is 1. The molecule has 6 aromatic carbocycles. The third-order valence-corrected chi connectivity index (χ3v) is 11.5. The van der Waals surface area contributed by atoms with Crippen LogP contribution in [0.25, 0.3) is 21.9 Å². The molecule has 1 aliphatic heterocycles. The molecule has 0 aliphatic carbocycles. The molecule has 0 radical (unpaired) electrons. The zero-order valence-electron chi connectivity index (χ0n) is 29.4. The van der Waals surface area contributed by atoms with Crippen LogP contribution in [-0.4, -0.2) is 38.1 Å². The Bertz CT molecular complexity index is 2210. The SMILES string of the molecule is CC(c1ccc2ccccc2c1)N(C)CC1CC(c2ccc(CO)cc2)OC(c2ccc(-c3ccccc3CNS(=O)(=O)c3ccccc3)cc2)O1. The molecule has 7 nitrogen and oxygen atoms in total. The Morgan fingerprint density at radius 1 is 0.769 bits per heavy atom. The van der Waals surface area contributed by atoms with Gasteiger partial charge in [0.05, 0.1) is 23.7 Å². The number of nitrogens with one attached hydrogen (secondary N) is 1. The van der Waals surface area contributed by atoms with Crippen LogP contribution in [0.2, 0.25) is 0 Å². The Kier molecular flexibility index (Phi) is 10.9. The first-order valence-electron chi connectivity index (χ1n) is 17.7. The van der Waals surface area contributed by atoms with Crippen LogP contribution in [0.4, 0.5) is 0 Å². The molecule has 0 amide bonds. The van der Waals surface area contributed by atoms with E-state index in [1.165, 1.54) is 16.3 Å². The van der Waals surface area contributed by atoms with Gasteiger partial charge in [-0.3, -0.25) is 4.90 Å². The van der Waals surface area contributed by atoms with Gasteiger partial charge in [0.15, 0.2) is 6.29 Å². The third kappa shape index (κ3) is 8.18. The number of rotatable bonds is 12. The average Bonchev–Trinajstić information content (AvgIpc) is 3.20. The zero-order valence-corrected chi connectivity index (χ0v) is 30.2. The quantitative estimate of drug-likeness (QED) is 0.132. The highest BCUT2D eigenvalue weighted by molar-refractivity contribution is 7.89. The molecule has 1 saturated heterocycles. The van der Waals surface area contributed by atoms with Crippen LogP contribution in [0.1, 0.15) is 59.6 Å². The number of sulfonamides is 1. The van der Waals surface area contributed by atoms with Crippen LogP contribution in [0.15, 0.2) is 150 Å². The minimum Gasteiger partial charge on any atom is -0.392 e. The molecule has 1 fully saturated rings. The molecule has 0 aromatic heterocycles. The lowest BCUT2D eigenvalue weighted by Crippen LogP contribution is -2.38. The number of nitrogens with zero attached hydrogens (tertiary/aromatic N) is 1. The third-order valence-electron chi connectivity index (χ3n) is 10.0. The highest BCUT2D eigenvalue weighted by Crippen LogP contribution is 2.39. The smallest absolute Gasteiger partial charge is 0.240 e. The van der Waals surface area contributed by atoms with Crippen molar-refractivity contribution < 1.29 is 23.0 Å². The number of benzene rings is 6. The van der Waals surface area contributed by atoms with Crippen LogP contribution in [0.5, 0.6) is 0 Å². The maximum Gasteiger partial charge on any atom is 0.240 e. The second kappa shape index (κ2) is 15.9. The molecule has 7 rings (SSSR count). The summed E-state index contributed by atoms with van der Waals surface area (Å²) >= 11 is 0. The first-order valence-corrected chi connectivity index (χ1v) is 19.2. The van der Waals surface area contributed by atoms with E-state index in [4.69, 9.17) is 9.47 Å². The summed E-state index contributed by atoms with van der Waals surface area (Å²) < 4.78 is 42.0. The molecule has 1 heterocycles. The van der Waals surface area contributed by atoms with E-state index in [9.17, 15) is 13.5 Å². The maximum absolute atomic E-state index is 12.9. The molecular weight excluding hydrogens is 669 g/mol. The van der Waals surface area contributed by atoms with Gasteiger partial charge in [0.25, 0.3) is 0 Å². The largest absolute Gasteiger partial charge is 0.392 e. The van der Waals surface area contributed by atoms with Crippen LogP contribution >= 0.6 is 0 Å². The number of aliphatic hydroxyl groups excluding tert-OH is 1. The van der Waals surface area contributed by atoms with E-state index in [2.05, 4.69) is 66.1 Å². The highest BCUT2D eigenvalue weighted by atomic mass is 32.2. The molecule has 0 saturated carbocycles. The molecule has 4 atom stereocenters. The predicted octanol–water partition coefficient (Wildman–Crippen LogP) is 8.72. The normalized spacial score (nSPS) is 18.4. The van der Waals surface area contributed by atoms with Gasteiger partial charge in [0.1, 0.15) is 0 Å². The van der Waals surface area contributed by atoms with Gasteiger partial charge < -0.3 is 14.6 Å². The van der Waals surface area contributed by atoms with Crippen molar-refractivity contribution in [1.29, 1.82) is 0 Å². The number of ether oxygens (including phenoxy) is 2. The second-order valence-electron chi connectivity index (χ2n) is 13.5. The van der Waals surface area contributed by atoms with E-state index < -0.39 is 16.3 Å². The van der Waals surface area contributed by atoms with Crippen LogP contribution in [0.3, 0.4) is 0 Å². The predicted molar refractivity (Wildman–Crippen MR) is 206 cm³/mol. The molecule has 52 heavy (non-hydrogen) atoms. The van der Waals surface area contributed by atoms with Crippen molar-refractivity contribution in [3.05, 3.63) is 173 Å². The van der Waals surface area contributed by atoms with E-state index in [0.29, 0.717) is 13.0 Å². The topological polar surface area (TPSA) is 88.1 Å². The standard InChI is InChI=1S/C44H44N2O5S/c1-31(37-25-20-33-10-6-7-11-38(33)26-37)46(2)29-40-27-43(35-18-16-32(30-47)17-19-35)51-44(50-40)36-23-21-34(22-24-36)42-15-9-8-12-39(42)28-45-52(48,49)41-13-4-3-5-14-41/h3-26,31,40,43-45,47H,27-30H2,1-2H3. The Hall–Kier alpha value is -4.67. The van der Waals surface area contributed by atoms with Crippen molar-refractivity contribution in [2.45, 2.75) is 55.9 Å². The van der Waals surface area contributed by atoms with Gasteiger partial charge in [-0.25, -0.2) is 13.1 Å². The fraction of sp³-hybridized carbons (Fsp3) is 0.227. The summed E-state index contributed by atoms with van der Waals surface area (Å²) in [7, 11) is -1.51. The zero-order chi connectivity index (χ0) is 36.1. The summed E-state index contributed by atoms with van der Waals surface area (Å²) in [5, 5.41) is 12.1. The Labute approximate surface area is 306 Å². The lowest BCUT2D eigenvalue weighted by Gasteiger charge is -2.39. The van der Waals surface area contributed by atoms with Gasteiger partial charge in [0.2, 0.25) is 10.0 Å². The van der Waals surface area contributed by atoms with Gasteiger partial charge >= 0.3 is 0 Å². The van der Waals surface area contributed by atoms with Crippen LogP contribution in [0, 0.1) is 0 Å². The average molecular weight is 713 g/mol. The van der Waals surface area contributed by atoms with Gasteiger partial charge in [-0.05, 0) is 76.3 Å². The fourth-order valence-electron chi connectivity index (χ4n) is 6.87. The number of hydrogen-bond acceptors (Lipinski definition) is 6. The molecule has 2 N–H and O–H groups in total. The number of hydrogen-bond donors (Lipinski definition) is 2. The fourth-order valence-corrected chi connectivity index (χ4v) is 7.89. The minimum atomic E-state index is -3.65. The molecule has 8 heteroatoms. The first-order chi connectivity index (χ1) is 25.3. The van der Waals surface area contributed by atoms with Gasteiger partial charge in [-0.15, -0.1) is 0 Å². The number of aliphatic hydroxyl groups is 1. The van der Waals surface area contributed by atoms with Crippen LogP contribution < -0.4 is 4.72 Å². The summed E-state index contributed by atoms with van der Waals surface area (Å²) in [5.74, 6) is 0. The lowest BCUT2D eigenvalue weighted by atomic mass is 9.97. The van der Waals surface area contributed by atoms with E-state index >= 15 is 0 Å². The molecule has 0 bridgehead atoms. The summed E-state index contributed by atoms with van der Waals surface area (Å²) in [6.45, 7) is 3.10. The monoisotopic (exact) mass is 712 g/mol. The van der Waals surface area contributed by atoms with Crippen molar-refractivity contribution in [2.75, 3.05) is 13.6 Å². The summed E-state index contributed by atoms with van der Waals surface area (Å²) in [6.07, 6.45) is -0.201. The van der Waals surface area contributed by atoms with Crippen molar-refractivity contribution >= 4 is 20.8 Å². The molecule has 6 aromatic rings. The van der Waals surface area contributed by atoms with Gasteiger partial charge in [0, 0.05) is 31.1 Å². The molecule has 1 aliphatic rings. The van der Waals surface area contributed by atoms with Crippen molar-refractivity contribution in [3.8, 4) is 11.1 Å². The van der Waals surface area contributed by atoms with E-state index in [1.807, 2.05) is 72.8 Å². The molecule has 0 spiro atoms. The minimum absolute atomic E-state index is 0.00794. The first kappa shape index (κ1) is 35.7. The molecule has 266 valence electrons. The Morgan fingerprint density at radius 3 is 2.19 bits per heavy atom. The van der Waals surface area contributed by atoms with Gasteiger partial charge in [-0.2, -0.15) is 0 Å². The van der Waals surface area contributed by atoms with Crippen molar-refractivity contribution in [2.24, 2.45) is 0 Å². The number of fused-ring (bicyclic) bond motifs is 1. The van der Waals surface area contributed by atoms with Crippen molar-refractivity contribution in [1.82, 2.24) is 9.62 Å². The Balaban J connectivity index is 1.10. The van der Waals surface area contributed by atoms with Crippen molar-refractivity contribution in [3.63, 3.8) is 0 Å². The van der Waals surface area contributed by atoms with E-state index in [-0.39, 0.29) is 36.3 Å². The van der Waals surface area contributed by atoms with Crippen LogP contribution in [-0.2, 0) is 32.6 Å². The highest BCUT2D eigenvalue weighted by Gasteiger charge is 2.33. The summed E-state index contributed by atoms with van der Waals surface area (Å²) in [5.41, 5.74) is 6.84. The van der Waals surface area contributed by atoms with Gasteiger partial charge in [-0.1, -0.05) is 127 Å². The molecule has 4 unspecified atom stereocenters. The summed E-state index contributed by atoms with van der Waals surface area (Å²) in [6, 6.07) is 47.6. The van der Waals surface area contributed by atoms with E-state index in [1.54, 1.807) is 30.3 Å². The second-order valence-corrected chi connectivity index (χ2v) is 15.3. The Morgan fingerprint density at radius 2 is 1.44 bits per heavy atom.